The molecular weight excluding hydrogens is 242 g/mol. The lowest BCUT2D eigenvalue weighted by Crippen LogP contribution is -2.22. The lowest BCUT2D eigenvalue weighted by Gasteiger charge is -2.20. The van der Waals surface area contributed by atoms with Gasteiger partial charge in [0.25, 0.3) is 0 Å². The average molecular weight is 267 g/mol. The summed E-state index contributed by atoms with van der Waals surface area (Å²) in [6, 6.07) is 6.00. The molecule has 0 saturated carbocycles. The molecule has 1 atom stereocenters. The first-order chi connectivity index (χ1) is 8.87. The maximum absolute atomic E-state index is 9.70. The first-order valence-corrected chi connectivity index (χ1v) is 6.58. The number of hydrogen-bond acceptors (Lipinski definition) is 4. The second-order valence-corrected chi connectivity index (χ2v) is 5.33. The van der Waals surface area contributed by atoms with Gasteiger partial charge in [0.05, 0.1) is 19.3 Å². The molecule has 0 saturated heterocycles. The van der Waals surface area contributed by atoms with Crippen molar-refractivity contribution in [1.29, 1.82) is 0 Å². The molecule has 1 aromatic rings. The minimum absolute atomic E-state index is 0.197. The average Bonchev–Trinajstić information content (AvgIpc) is 2.36. The van der Waals surface area contributed by atoms with E-state index >= 15 is 0 Å². The number of methoxy groups -OCH3 is 1. The Morgan fingerprint density at radius 2 is 2.05 bits per heavy atom. The molecule has 0 aliphatic heterocycles. The largest absolute Gasteiger partial charge is 0.497 e. The van der Waals surface area contributed by atoms with E-state index in [1.165, 1.54) is 0 Å². The van der Waals surface area contributed by atoms with Crippen molar-refractivity contribution < 1.29 is 14.6 Å². The third kappa shape index (κ3) is 5.09. The fraction of sp³-hybridized carbons (Fsp3) is 0.600. The Labute approximate surface area is 115 Å². The normalized spacial score (nSPS) is 13.2. The Morgan fingerprint density at radius 3 is 2.58 bits per heavy atom. The Hall–Kier alpha value is -1.26. The fourth-order valence-corrected chi connectivity index (χ4v) is 1.69. The summed E-state index contributed by atoms with van der Waals surface area (Å²) in [5.74, 6) is 1.57. The summed E-state index contributed by atoms with van der Waals surface area (Å²) in [6.45, 7) is 6.10. The van der Waals surface area contributed by atoms with Crippen molar-refractivity contribution in [1.82, 2.24) is 5.32 Å². The fourth-order valence-electron chi connectivity index (χ4n) is 1.69. The molecule has 0 amide bonds. The van der Waals surface area contributed by atoms with Gasteiger partial charge in [-0.3, -0.25) is 0 Å². The van der Waals surface area contributed by atoms with E-state index in [9.17, 15) is 5.11 Å². The molecular formula is C15H25NO3. The molecule has 0 aromatic heterocycles. The van der Waals surface area contributed by atoms with Crippen LogP contribution in [0.4, 0.5) is 0 Å². The molecule has 1 aromatic carbocycles. The van der Waals surface area contributed by atoms with E-state index in [2.05, 4.69) is 12.2 Å². The SMILES string of the molecule is CNC(C)c1ccc(OC)cc1OCCC(C)(C)O. The zero-order valence-corrected chi connectivity index (χ0v) is 12.5. The number of hydrogen-bond donors (Lipinski definition) is 2. The first kappa shape index (κ1) is 15.8. The van der Waals surface area contributed by atoms with Crippen molar-refractivity contribution >= 4 is 0 Å². The molecule has 2 N–H and O–H groups in total. The molecule has 0 fully saturated rings. The van der Waals surface area contributed by atoms with Gasteiger partial charge in [-0.1, -0.05) is 6.07 Å². The molecule has 0 aliphatic carbocycles. The molecule has 19 heavy (non-hydrogen) atoms. The van der Waals surface area contributed by atoms with Crippen molar-refractivity contribution in [3.63, 3.8) is 0 Å². The van der Waals surface area contributed by atoms with Crippen LogP contribution in [0.5, 0.6) is 11.5 Å². The maximum atomic E-state index is 9.70. The first-order valence-electron chi connectivity index (χ1n) is 6.58. The van der Waals surface area contributed by atoms with Crippen LogP contribution in [0.2, 0.25) is 0 Å². The lowest BCUT2D eigenvalue weighted by atomic mass is 10.1. The zero-order chi connectivity index (χ0) is 14.5. The van der Waals surface area contributed by atoms with Gasteiger partial charge >= 0.3 is 0 Å². The predicted molar refractivity (Wildman–Crippen MR) is 76.9 cm³/mol. The smallest absolute Gasteiger partial charge is 0.127 e. The molecule has 0 bridgehead atoms. The number of rotatable bonds is 7. The Bertz CT molecular complexity index is 399. The summed E-state index contributed by atoms with van der Waals surface area (Å²) in [5.41, 5.74) is 0.368. The van der Waals surface area contributed by atoms with Crippen LogP contribution in [-0.2, 0) is 0 Å². The molecule has 0 spiro atoms. The van der Waals surface area contributed by atoms with Gasteiger partial charge in [0, 0.05) is 24.1 Å². The van der Waals surface area contributed by atoms with E-state index in [4.69, 9.17) is 9.47 Å². The van der Waals surface area contributed by atoms with Crippen LogP contribution in [-0.4, -0.2) is 31.5 Å². The zero-order valence-electron chi connectivity index (χ0n) is 12.5. The van der Waals surface area contributed by atoms with Crippen molar-refractivity contribution in [2.24, 2.45) is 0 Å². The molecule has 4 nitrogen and oxygen atoms in total. The van der Waals surface area contributed by atoms with Crippen molar-refractivity contribution in [3.8, 4) is 11.5 Å². The van der Waals surface area contributed by atoms with Gasteiger partial charge in [0.1, 0.15) is 11.5 Å². The van der Waals surface area contributed by atoms with Gasteiger partial charge in [-0.05, 0) is 33.9 Å². The van der Waals surface area contributed by atoms with Crippen LogP contribution in [0.1, 0.15) is 38.8 Å². The Kier molecular flexibility index (Phi) is 5.63. The van der Waals surface area contributed by atoms with Gasteiger partial charge in [0.2, 0.25) is 0 Å². The molecule has 1 unspecified atom stereocenters. The number of aliphatic hydroxyl groups is 1. The van der Waals surface area contributed by atoms with E-state index in [0.29, 0.717) is 13.0 Å². The van der Waals surface area contributed by atoms with Gasteiger partial charge in [0.15, 0.2) is 0 Å². The van der Waals surface area contributed by atoms with Crippen LogP contribution in [0.3, 0.4) is 0 Å². The summed E-state index contributed by atoms with van der Waals surface area (Å²) in [5, 5.41) is 12.9. The highest BCUT2D eigenvalue weighted by Crippen LogP contribution is 2.29. The van der Waals surface area contributed by atoms with Gasteiger partial charge in [-0.2, -0.15) is 0 Å². The molecule has 0 radical (unpaired) electrons. The highest BCUT2D eigenvalue weighted by molar-refractivity contribution is 5.42. The highest BCUT2D eigenvalue weighted by atomic mass is 16.5. The molecule has 1 rings (SSSR count). The van der Waals surface area contributed by atoms with E-state index in [0.717, 1.165) is 17.1 Å². The second-order valence-electron chi connectivity index (χ2n) is 5.33. The quantitative estimate of drug-likeness (QED) is 0.797. The summed E-state index contributed by atoms with van der Waals surface area (Å²) in [7, 11) is 3.55. The van der Waals surface area contributed by atoms with E-state index in [1.54, 1.807) is 21.0 Å². The Balaban J connectivity index is 2.83. The number of ether oxygens (including phenoxy) is 2. The minimum atomic E-state index is -0.715. The van der Waals surface area contributed by atoms with Crippen LogP contribution >= 0.6 is 0 Å². The predicted octanol–water partition coefficient (Wildman–Crippen LogP) is 2.52. The van der Waals surface area contributed by atoms with Crippen LogP contribution in [0.25, 0.3) is 0 Å². The number of benzene rings is 1. The molecule has 4 heteroatoms. The van der Waals surface area contributed by atoms with Crippen LogP contribution < -0.4 is 14.8 Å². The lowest BCUT2D eigenvalue weighted by molar-refractivity contribution is 0.0551. The van der Waals surface area contributed by atoms with Crippen molar-refractivity contribution in [2.45, 2.75) is 38.8 Å². The summed E-state index contributed by atoms with van der Waals surface area (Å²) >= 11 is 0. The standard InChI is InChI=1S/C15H25NO3/c1-11(16-4)13-7-6-12(18-5)10-14(13)19-9-8-15(2,3)17/h6-7,10-11,16-17H,8-9H2,1-5H3. The van der Waals surface area contributed by atoms with Crippen LogP contribution in [0.15, 0.2) is 18.2 Å². The van der Waals surface area contributed by atoms with Gasteiger partial charge in [-0.25, -0.2) is 0 Å². The third-order valence-electron chi connectivity index (χ3n) is 3.09. The van der Waals surface area contributed by atoms with E-state index in [-0.39, 0.29) is 6.04 Å². The van der Waals surface area contributed by atoms with E-state index < -0.39 is 5.60 Å². The molecule has 108 valence electrons. The van der Waals surface area contributed by atoms with Crippen LogP contribution in [0, 0.1) is 0 Å². The summed E-state index contributed by atoms with van der Waals surface area (Å²) in [4.78, 5) is 0. The summed E-state index contributed by atoms with van der Waals surface area (Å²) in [6.07, 6.45) is 0.581. The maximum Gasteiger partial charge on any atom is 0.127 e. The van der Waals surface area contributed by atoms with Crippen molar-refractivity contribution in [3.05, 3.63) is 23.8 Å². The molecule has 0 aliphatic rings. The topological polar surface area (TPSA) is 50.7 Å². The van der Waals surface area contributed by atoms with E-state index in [1.807, 2.05) is 25.2 Å². The minimum Gasteiger partial charge on any atom is -0.497 e. The monoisotopic (exact) mass is 267 g/mol. The van der Waals surface area contributed by atoms with Crippen molar-refractivity contribution in [2.75, 3.05) is 20.8 Å². The number of nitrogens with one attached hydrogen (secondary N) is 1. The highest BCUT2D eigenvalue weighted by Gasteiger charge is 2.15. The second kappa shape index (κ2) is 6.78. The molecule has 0 heterocycles. The summed E-state index contributed by atoms with van der Waals surface area (Å²) < 4.78 is 11.0. The third-order valence-corrected chi connectivity index (χ3v) is 3.09. The van der Waals surface area contributed by atoms with Gasteiger partial charge < -0.3 is 19.9 Å². The Morgan fingerprint density at radius 1 is 1.37 bits per heavy atom. The van der Waals surface area contributed by atoms with Gasteiger partial charge in [-0.15, -0.1) is 0 Å².